The third-order valence-corrected chi connectivity index (χ3v) is 3.88. The highest BCUT2D eigenvalue weighted by Crippen LogP contribution is 2.13. The second-order valence-corrected chi connectivity index (χ2v) is 6.11. The van der Waals surface area contributed by atoms with Gasteiger partial charge in [-0.15, -0.1) is 0 Å². The molecule has 0 radical (unpaired) electrons. The Bertz CT molecular complexity index is 758. The molecular formula is C21H24N2O4. The molecule has 2 rings (SSSR count). The van der Waals surface area contributed by atoms with Crippen LogP contribution in [-0.4, -0.2) is 29.7 Å². The van der Waals surface area contributed by atoms with E-state index in [0.29, 0.717) is 17.9 Å². The van der Waals surface area contributed by atoms with Crippen molar-refractivity contribution in [3.05, 3.63) is 71.8 Å². The first kappa shape index (κ1) is 20.2. The number of amides is 2. The maximum Gasteiger partial charge on any atom is 0.274 e. The van der Waals surface area contributed by atoms with Crippen molar-refractivity contribution in [2.45, 2.75) is 25.8 Å². The van der Waals surface area contributed by atoms with Crippen molar-refractivity contribution in [1.29, 1.82) is 0 Å². The predicted octanol–water partition coefficient (Wildman–Crippen LogP) is 3.18. The molecule has 0 unspecified atom stereocenters. The summed E-state index contributed by atoms with van der Waals surface area (Å²) in [4.78, 5) is 23.1. The molecule has 0 aliphatic heterocycles. The average molecular weight is 368 g/mol. The second-order valence-electron chi connectivity index (χ2n) is 6.11. The molecule has 0 aliphatic carbocycles. The van der Waals surface area contributed by atoms with Gasteiger partial charge >= 0.3 is 0 Å². The van der Waals surface area contributed by atoms with Crippen LogP contribution in [0, 0.1) is 0 Å². The smallest absolute Gasteiger partial charge is 0.274 e. The Morgan fingerprint density at radius 2 is 1.81 bits per heavy atom. The van der Waals surface area contributed by atoms with Gasteiger partial charge in [-0.1, -0.05) is 30.3 Å². The van der Waals surface area contributed by atoms with Gasteiger partial charge in [-0.2, -0.15) is 0 Å². The van der Waals surface area contributed by atoms with Crippen LogP contribution in [0.2, 0.25) is 0 Å². The molecule has 0 aromatic heterocycles. The van der Waals surface area contributed by atoms with Crippen molar-refractivity contribution in [2.75, 3.05) is 6.61 Å². The zero-order valence-corrected chi connectivity index (χ0v) is 15.2. The fourth-order valence-corrected chi connectivity index (χ4v) is 2.45. The van der Waals surface area contributed by atoms with Gasteiger partial charge in [-0.3, -0.25) is 14.8 Å². The van der Waals surface area contributed by atoms with Gasteiger partial charge < -0.3 is 10.1 Å². The van der Waals surface area contributed by atoms with E-state index in [1.165, 1.54) is 6.08 Å². The third-order valence-electron chi connectivity index (χ3n) is 3.88. The summed E-state index contributed by atoms with van der Waals surface area (Å²) >= 11 is 0. The molecule has 27 heavy (non-hydrogen) atoms. The van der Waals surface area contributed by atoms with Crippen LogP contribution in [0.4, 0.5) is 0 Å². The summed E-state index contributed by atoms with van der Waals surface area (Å²) in [5, 5.41) is 11.5. The Morgan fingerprint density at radius 3 is 2.48 bits per heavy atom. The van der Waals surface area contributed by atoms with Crippen LogP contribution in [0.25, 0.3) is 6.08 Å². The zero-order chi connectivity index (χ0) is 19.5. The molecule has 3 N–H and O–H groups in total. The summed E-state index contributed by atoms with van der Waals surface area (Å²) in [6, 6.07) is 16.2. The van der Waals surface area contributed by atoms with E-state index in [4.69, 9.17) is 9.94 Å². The van der Waals surface area contributed by atoms with Gasteiger partial charge in [-0.05, 0) is 55.7 Å². The van der Waals surface area contributed by atoms with Gasteiger partial charge in [0.2, 0.25) is 5.91 Å². The Morgan fingerprint density at radius 1 is 1.11 bits per heavy atom. The van der Waals surface area contributed by atoms with Gasteiger partial charge in [0.05, 0.1) is 6.61 Å². The number of ether oxygens (including phenoxy) is 1. The molecule has 0 fully saturated rings. The highest BCUT2D eigenvalue weighted by atomic mass is 16.5. The minimum Gasteiger partial charge on any atom is -0.494 e. The highest BCUT2D eigenvalue weighted by Gasteiger charge is 2.06. The number of carbonyl (C=O) groups excluding carboxylic acids is 2. The van der Waals surface area contributed by atoms with Crippen LogP contribution >= 0.6 is 0 Å². The normalized spacial score (nSPS) is 11.8. The van der Waals surface area contributed by atoms with Crippen molar-refractivity contribution in [3.8, 4) is 5.75 Å². The number of benzene rings is 2. The summed E-state index contributed by atoms with van der Waals surface area (Å²) in [6.45, 7) is 2.46. The quantitative estimate of drug-likeness (QED) is 0.275. The monoisotopic (exact) mass is 368 g/mol. The van der Waals surface area contributed by atoms with Crippen molar-refractivity contribution in [2.24, 2.45) is 0 Å². The summed E-state index contributed by atoms with van der Waals surface area (Å²) in [5.41, 5.74) is 2.91. The first-order valence-electron chi connectivity index (χ1n) is 8.79. The van der Waals surface area contributed by atoms with E-state index in [1.54, 1.807) is 35.8 Å². The molecule has 0 bridgehead atoms. The van der Waals surface area contributed by atoms with Crippen LogP contribution < -0.4 is 15.5 Å². The lowest BCUT2D eigenvalue weighted by Gasteiger charge is -2.13. The van der Waals surface area contributed by atoms with Gasteiger partial charge in [0, 0.05) is 17.7 Å². The van der Waals surface area contributed by atoms with E-state index in [-0.39, 0.29) is 11.9 Å². The third kappa shape index (κ3) is 7.33. The molecule has 2 amide bonds. The van der Waals surface area contributed by atoms with Crippen LogP contribution in [0.15, 0.2) is 60.7 Å². The molecular weight excluding hydrogens is 344 g/mol. The van der Waals surface area contributed by atoms with E-state index in [0.717, 1.165) is 18.4 Å². The molecule has 0 saturated carbocycles. The number of carbonyl (C=O) groups is 2. The minimum absolute atomic E-state index is 0.0390. The standard InChI is InChI=1S/C21H24N2O4/c1-16(22-20(24)14-9-17-7-3-2-4-8-17)6-5-15-27-19-12-10-18(11-13-19)21(25)23-26/h2-4,7-14,16,26H,5-6,15H2,1H3,(H,22,24)(H,23,25)/b14-9+/t16-/m1/s1. The fourth-order valence-electron chi connectivity index (χ4n) is 2.45. The van der Waals surface area contributed by atoms with E-state index in [1.807, 2.05) is 37.3 Å². The van der Waals surface area contributed by atoms with Gasteiger partial charge in [0.15, 0.2) is 0 Å². The van der Waals surface area contributed by atoms with E-state index < -0.39 is 5.91 Å². The molecule has 2 aromatic carbocycles. The molecule has 2 aromatic rings. The maximum absolute atomic E-state index is 11.9. The van der Waals surface area contributed by atoms with Crippen LogP contribution in [0.3, 0.4) is 0 Å². The molecule has 6 heteroatoms. The molecule has 0 spiro atoms. The number of hydroxylamine groups is 1. The minimum atomic E-state index is -0.563. The molecule has 1 atom stereocenters. The number of nitrogens with one attached hydrogen (secondary N) is 2. The molecule has 0 heterocycles. The molecule has 6 nitrogen and oxygen atoms in total. The lowest BCUT2D eigenvalue weighted by molar-refractivity contribution is -0.117. The molecule has 0 saturated heterocycles. The highest BCUT2D eigenvalue weighted by molar-refractivity contribution is 5.93. The van der Waals surface area contributed by atoms with Crippen LogP contribution in [0.1, 0.15) is 35.7 Å². The van der Waals surface area contributed by atoms with Crippen LogP contribution in [-0.2, 0) is 4.79 Å². The zero-order valence-electron chi connectivity index (χ0n) is 15.2. The molecule has 142 valence electrons. The Hall–Kier alpha value is -3.12. The Labute approximate surface area is 158 Å². The summed E-state index contributed by atoms with van der Waals surface area (Å²) in [5.74, 6) is -0.0376. The summed E-state index contributed by atoms with van der Waals surface area (Å²) in [6.07, 6.45) is 4.89. The van der Waals surface area contributed by atoms with Crippen molar-refractivity contribution < 1.29 is 19.5 Å². The summed E-state index contributed by atoms with van der Waals surface area (Å²) in [7, 11) is 0. The fraction of sp³-hybridized carbons (Fsp3) is 0.238. The first-order chi connectivity index (χ1) is 13.1. The largest absolute Gasteiger partial charge is 0.494 e. The summed E-state index contributed by atoms with van der Waals surface area (Å²) < 4.78 is 5.61. The van der Waals surface area contributed by atoms with Crippen LogP contribution in [0.5, 0.6) is 5.75 Å². The first-order valence-corrected chi connectivity index (χ1v) is 8.79. The second kappa shape index (κ2) is 10.8. The van der Waals surface area contributed by atoms with Crippen molar-refractivity contribution in [1.82, 2.24) is 10.8 Å². The number of hydrogen-bond acceptors (Lipinski definition) is 4. The Balaban J connectivity index is 1.65. The molecule has 0 aliphatic rings. The van der Waals surface area contributed by atoms with Crippen molar-refractivity contribution in [3.63, 3.8) is 0 Å². The van der Waals surface area contributed by atoms with Crippen molar-refractivity contribution >= 4 is 17.9 Å². The van der Waals surface area contributed by atoms with E-state index in [9.17, 15) is 9.59 Å². The number of hydrogen-bond donors (Lipinski definition) is 3. The topological polar surface area (TPSA) is 87.7 Å². The average Bonchev–Trinajstić information content (AvgIpc) is 2.70. The van der Waals surface area contributed by atoms with Gasteiger partial charge in [0.25, 0.3) is 5.91 Å². The SMILES string of the molecule is C[C@H](CCCOc1ccc(C(=O)NO)cc1)NC(=O)/C=C/c1ccccc1. The van der Waals surface area contributed by atoms with E-state index >= 15 is 0 Å². The van der Waals surface area contributed by atoms with E-state index in [2.05, 4.69) is 5.32 Å². The predicted molar refractivity (Wildman–Crippen MR) is 104 cm³/mol. The lowest BCUT2D eigenvalue weighted by Crippen LogP contribution is -2.31. The number of rotatable bonds is 9. The van der Waals surface area contributed by atoms with Gasteiger partial charge in [-0.25, -0.2) is 5.48 Å². The Kier molecular flexibility index (Phi) is 8.06. The lowest BCUT2D eigenvalue weighted by atomic mass is 10.2. The maximum atomic E-state index is 11.9. The van der Waals surface area contributed by atoms with Gasteiger partial charge in [0.1, 0.15) is 5.75 Å².